The number of benzene rings is 1. The molecular formula is C15H23NO2S. The lowest BCUT2D eigenvalue weighted by atomic mass is 10.1. The number of carbonyl (C=O) groups is 1. The largest absolute Gasteiger partial charge is 0.387 e. The fourth-order valence-corrected chi connectivity index (χ4v) is 2.48. The van der Waals surface area contributed by atoms with Crippen LogP contribution < -0.4 is 5.32 Å². The summed E-state index contributed by atoms with van der Waals surface area (Å²) in [5, 5.41) is 12.7. The molecule has 1 rings (SSSR count). The van der Waals surface area contributed by atoms with E-state index in [1.807, 2.05) is 25.3 Å². The van der Waals surface area contributed by atoms with Crippen LogP contribution in [0.4, 0.5) is 0 Å². The minimum Gasteiger partial charge on any atom is -0.387 e. The Bertz CT molecular complexity index is 401. The van der Waals surface area contributed by atoms with Crippen molar-refractivity contribution in [3.8, 4) is 0 Å². The monoisotopic (exact) mass is 281 g/mol. The van der Waals surface area contributed by atoms with Crippen LogP contribution in [-0.4, -0.2) is 35.2 Å². The van der Waals surface area contributed by atoms with Gasteiger partial charge in [-0.3, -0.25) is 4.79 Å². The second-order valence-electron chi connectivity index (χ2n) is 5.19. The molecule has 1 amide bonds. The fourth-order valence-electron chi connectivity index (χ4n) is 1.75. The van der Waals surface area contributed by atoms with Gasteiger partial charge in [0.25, 0.3) is 0 Å². The van der Waals surface area contributed by atoms with Gasteiger partial charge in [-0.25, -0.2) is 0 Å². The highest BCUT2D eigenvalue weighted by Crippen LogP contribution is 2.09. The van der Waals surface area contributed by atoms with Crippen molar-refractivity contribution >= 4 is 17.7 Å². The molecule has 1 atom stereocenters. The fraction of sp³-hybridized carbons (Fsp3) is 0.533. The molecule has 19 heavy (non-hydrogen) atoms. The molecule has 0 fully saturated rings. The van der Waals surface area contributed by atoms with E-state index in [0.29, 0.717) is 18.7 Å². The SMILES string of the molecule is CSCC(C)(O)CNC(=O)CCc1ccc(C)cc1. The van der Waals surface area contributed by atoms with E-state index in [0.717, 1.165) is 12.0 Å². The van der Waals surface area contributed by atoms with Crippen molar-refractivity contribution in [1.82, 2.24) is 5.32 Å². The van der Waals surface area contributed by atoms with Crippen LogP contribution in [0.25, 0.3) is 0 Å². The maximum atomic E-state index is 11.7. The van der Waals surface area contributed by atoms with Crippen LogP contribution in [0, 0.1) is 6.92 Å². The molecule has 106 valence electrons. The molecule has 0 aliphatic heterocycles. The van der Waals surface area contributed by atoms with E-state index in [1.54, 1.807) is 18.7 Å². The standard InChI is InChI=1S/C15H23NO2S/c1-12-4-6-13(7-5-12)8-9-14(17)16-10-15(2,18)11-19-3/h4-7,18H,8-11H2,1-3H3,(H,16,17). The van der Waals surface area contributed by atoms with Crippen LogP contribution >= 0.6 is 11.8 Å². The van der Waals surface area contributed by atoms with Crippen molar-refractivity contribution in [2.45, 2.75) is 32.3 Å². The second kappa shape index (κ2) is 7.56. The number of aryl methyl sites for hydroxylation is 2. The molecule has 1 aromatic rings. The number of hydrogen-bond acceptors (Lipinski definition) is 3. The Balaban J connectivity index is 2.30. The van der Waals surface area contributed by atoms with E-state index in [4.69, 9.17) is 0 Å². The summed E-state index contributed by atoms with van der Waals surface area (Å²) in [5.41, 5.74) is 1.55. The Hall–Kier alpha value is -1.00. The minimum atomic E-state index is -0.834. The summed E-state index contributed by atoms with van der Waals surface area (Å²) in [6.07, 6.45) is 3.13. The van der Waals surface area contributed by atoms with Gasteiger partial charge in [0.15, 0.2) is 0 Å². The van der Waals surface area contributed by atoms with Crippen molar-refractivity contribution in [2.75, 3.05) is 18.6 Å². The Morgan fingerprint density at radius 3 is 2.58 bits per heavy atom. The van der Waals surface area contributed by atoms with Crippen LogP contribution in [0.5, 0.6) is 0 Å². The molecule has 0 saturated carbocycles. The molecule has 0 aliphatic rings. The van der Waals surface area contributed by atoms with E-state index in [-0.39, 0.29) is 5.91 Å². The van der Waals surface area contributed by atoms with Crippen LogP contribution in [-0.2, 0) is 11.2 Å². The maximum absolute atomic E-state index is 11.7. The molecule has 4 heteroatoms. The molecule has 0 heterocycles. The van der Waals surface area contributed by atoms with Crippen LogP contribution in [0.2, 0.25) is 0 Å². The van der Waals surface area contributed by atoms with Gasteiger partial charge < -0.3 is 10.4 Å². The molecule has 0 saturated heterocycles. The van der Waals surface area contributed by atoms with Gasteiger partial charge in [-0.05, 0) is 32.1 Å². The number of amides is 1. The van der Waals surface area contributed by atoms with Gasteiger partial charge in [0.1, 0.15) is 0 Å². The van der Waals surface area contributed by atoms with Crippen LogP contribution in [0.3, 0.4) is 0 Å². The first-order valence-corrected chi connectivity index (χ1v) is 7.86. The average molecular weight is 281 g/mol. The zero-order valence-corrected chi connectivity index (χ0v) is 12.7. The number of aliphatic hydroxyl groups is 1. The second-order valence-corrected chi connectivity index (χ2v) is 6.06. The van der Waals surface area contributed by atoms with Crippen LogP contribution in [0.15, 0.2) is 24.3 Å². The quantitative estimate of drug-likeness (QED) is 0.805. The highest BCUT2D eigenvalue weighted by atomic mass is 32.2. The average Bonchev–Trinajstić information content (AvgIpc) is 2.36. The lowest BCUT2D eigenvalue weighted by Crippen LogP contribution is -2.42. The summed E-state index contributed by atoms with van der Waals surface area (Å²) < 4.78 is 0. The predicted octanol–water partition coefficient (Wildman–Crippen LogP) is 2.16. The van der Waals surface area contributed by atoms with E-state index in [2.05, 4.69) is 17.4 Å². The number of rotatable bonds is 7. The summed E-state index contributed by atoms with van der Waals surface area (Å²) in [4.78, 5) is 11.7. The lowest BCUT2D eigenvalue weighted by molar-refractivity contribution is -0.122. The molecule has 3 nitrogen and oxygen atoms in total. The van der Waals surface area contributed by atoms with Gasteiger partial charge >= 0.3 is 0 Å². The third-order valence-corrected chi connectivity index (χ3v) is 3.79. The summed E-state index contributed by atoms with van der Waals surface area (Å²) in [7, 11) is 0. The molecule has 1 aromatic carbocycles. The Morgan fingerprint density at radius 1 is 1.37 bits per heavy atom. The van der Waals surface area contributed by atoms with Gasteiger partial charge in [-0.1, -0.05) is 29.8 Å². The maximum Gasteiger partial charge on any atom is 0.220 e. The minimum absolute atomic E-state index is 0.0121. The predicted molar refractivity (Wildman–Crippen MR) is 81.5 cm³/mol. The van der Waals surface area contributed by atoms with Crippen molar-refractivity contribution in [2.24, 2.45) is 0 Å². The smallest absolute Gasteiger partial charge is 0.220 e. The highest BCUT2D eigenvalue weighted by Gasteiger charge is 2.20. The van der Waals surface area contributed by atoms with Gasteiger partial charge in [-0.15, -0.1) is 0 Å². The summed E-state index contributed by atoms with van der Waals surface area (Å²) in [6, 6.07) is 8.20. The third kappa shape index (κ3) is 6.64. The van der Waals surface area contributed by atoms with Crippen molar-refractivity contribution in [1.29, 1.82) is 0 Å². The number of hydrogen-bond donors (Lipinski definition) is 2. The molecule has 0 aromatic heterocycles. The summed E-state index contributed by atoms with van der Waals surface area (Å²) in [5.74, 6) is 0.604. The number of thioether (sulfide) groups is 1. The zero-order valence-electron chi connectivity index (χ0n) is 11.9. The van der Waals surface area contributed by atoms with E-state index < -0.39 is 5.60 Å². The highest BCUT2D eigenvalue weighted by molar-refractivity contribution is 7.98. The first-order chi connectivity index (χ1) is 8.93. The molecule has 0 aliphatic carbocycles. The number of carbonyl (C=O) groups excluding carboxylic acids is 1. The lowest BCUT2D eigenvalue weighted by Gasteiger charge is -2.22. The molecule has 0 radical (unpaired) electrons. The molecule has 0 spiro atoms. The van der Waals surface area contributed by atoms with Gasteiger partial charge in [0, 0.05) is 18.7 Å². The molecular weight excluding hydrogens is 258 g/mol. The van der Waals surface area contributed by atoms with Gasteiger partial charge in [0.05, 0.1) is 5.60 Å². The Labute approximate surface area is 119 Å². The van der Waals surface area contributed by atoms with Gasteiger partial charge in [0.2, 0.25) is 5.91 Å². The van der Waals surface area contributed by atoms with E-state index in [1.165, 1.54) is 5.56 Å². The molecule has 0 bridgehead atoms. The van der Waals surface area contributed by atoms with E-state index >= 15 is 0 Å². The first kappa shape index (κ1) is 16.1. The topological polar surface area (TPSA) is 49.3 Å². The van der Waals surface area contributed by atoms with Gasteiger partial charge in [-0.2, -0.15) is 11.8 Å². The normalized spacial score (nSPS) is 13.9. The van der Waals surface area contributed by atoms with Crippen molar-refractivity contribution in [3.05, 3.63) is 35.4 Å². The molecule has 1 unspecified atom stereocenters. The number of nitrogens with one attached hydrogen (secondary N) is 1. The Morgan fingerprint density at radius 2 is 2.00 bits per heavy atom. The van der Waals surface area contributed by atoms with E-state index in [9.17, 15) is 9.90 Å². The third-order valence-electron chi connectivity index (χ3n) is 2.88. The Kier molecular flexibility index (Phi) is 6.38. The van der Waals surface area contributed by atoms with Crippen LogP contribution in [0.1, 0.15) is 24.5 Å². The molecule has 2 N–H and O–H groups in total. The zero-order chi connectivity index (χ0) is 14.3. The summed E-state index contributed by atoms with van der Waals surface area (Å²) in [6.45, 7) is 4.09. The van der Waals surface area contributed by atoms with Crippen molar-refractivity contribution in [3.63, 3.8) is 0 Å². The first-order valence-electron chi connectivity index (χ1n) is 6.46. The van der Waals surface area contributed by atoms with Crippen molar-refractivity contribution < 1.29 is 9.90 Å². The summed E-state index contributed by atoms with van der Waals surface area (Å²) >= 11 is 1.57.